The third-order valence-electron chi connectivity index (χ3n) is 1.73. The maximum absolute atomic E-state index is 10.3. The van der Waals surface area contributed by atoms with E-state index in [4.69, 9.17) is 10.2 Å². The number of carboxylic acids is 1. The molecule has 1 rings (SSSR count). The number of carbonyl (C=O) groups is 1. The molecule has 0 aliphatic carbocycles. The van der Waals surface area contributed by atoms with Crippen LogP contribution in [-0.2, 0) is 11.4 Å². The second-order valence-corrected chi connectivity index (χ2v) is 3.83. The van der Waals surface area contributed by atoms with Crippen molar-refractivity contribution in [1.29, 1.82) is 0 Å². The first kappa shape index (κ1) is 12.1. The van der Waals surface area contributed by atoms with E-state index in [0.717, 1.165) is 11.3 Å². The van der Waals surface area contributed by atoms with Crippen LogP contribution in [0.3, 0.4) is 0 Å². The van der Waals surface area contributed by atoms with Crippen molar-refractivity contribution < 1.29 is 25.2 Å². The van der Waals surface area contributed by atoms with E-state index in [1.165, 1.54) is 5.38 Å². The molecule has 0 aromatic carbocycles. The van der Waals surface area contributed by atoms with Gasteiger partial charge in [0.25, 0.3) is 0 Å². The van der Waals surface area contributed by atoms with Crippen molar-refractivity contribution in [2.75, 3.05) is 0 Å². The van der Waals surface area contributed by atoms with Crippen molar-refractivity contribution in [1.82, 2.24) is 4.98 Å². The van der Waals surface area contributed by atoms with Gasteiger partial charge >= 0.3 is 5.97 Å². The van der Waals surface area contributed by atoms with Crippen LogP contribution < -0.4 is 0 Å². The van der Waals surface area contributed by atoms with E-state index < -0.39 is 24.6 Å². The molecule has 0 amide bonds. The van der Waals surface area contributed by atoms with E-state index in [-0.39, 0.29) is 11.6 Å². The minimum absolute atomic E-state index is 0.202. The topological polar surface area (TPSA) is 111 Å². The number of thiazole rings is 1. The van der Waals surface area contributed by atoms with Crippen molar-refractivity contribution in [3.05, 3.63) is 16.1 Å². The lowest BCUT2D eigenvalue weighted by Crippen LogP contribution is -2.21. The summed E-state index contributed by atoms with van der Waals surface area (Å²) in [6, 6.07) is 0. The lowest BCUT2D eigenvalue weighted by Gasteiger charge is -2.12. The first-order valence-corrected chi connectivity index (χ1v) is 5.05. The number of aliphatic hydroxyl groups excluding tert-OH is 3. The van der Waals surface area contributed by atoms with Crippen LogP contribution in [0.1, 0.15) is 23.2 Å². The fraction of sp³-hybridized carbons (Fsp3) is 0.500. The molecule has 0 spiro atoms. The van der Waals surface area contributed by atoms with E-state index in [1.807, 2.05) is 0 Å². The summed E-state index contributed by atoms with van der Waals surface area (Å²) in [4.78, 5) is 14.1. The Morgan fingerprint density at radius 1 is 1.53 bits per heavy atom. The second-order valence-electron chi connectivity index (χ2n) is 2.95. The Balaban J connectivity index is 2.66. The summed E-state index contributed by atoms with van der Waals surface area (Å²) >= 11 is 1.06. The molecular weight excluding hydrogens is 222 g/mol. The minimum Gasteiger partial charge on any atom is -0.481 e. The highest BCUT2D eigenvalue weighted by atomic mass is 32.1. The van der Waals surface area contributed by atoms with Crippen LogP contribution in [0.25, 0.3) is 0 Å². The van der Waals surface area contributed by atoms with Crippen LogP contribution in [0.2, 0.25) is 0 Å². The Morgan fingerprint density at radius 3 is 2.67 bits per heavy atom. The number of rotatable bonds is 5. The highest BCUT2D eigenvalue weighted by Gasteiger charge is 2.23. The number of hydrogen-bond acceptors (Lipinski definition) is 6. The molecule has 0 aliphatic heterocycles. The molecular formula is C8H11NO5S. The van der Waals surface area contributed by atoms with Gasteiger partial charge in [0.2, 0.25) is 0 Å². The number of aliphatic hydroxyl groups is 3. The van der Waals surface area contributed by atoms with Crippen LogP contribution in [0.4, 0.5) is 0 Å². The molecule has 15 heavy (non-hydrogen) atoms. The Bertz CT molecular complexity index is 340. The van der Waals surface area contributed by atoms with Gasteiger partial charge in [0, 0.05) is 5.38 Å². The minimum atomic E-state index is -1.39. The van der Waals surface area contributed by atoms with Gasteiger partial charge in [-0.1, -0.05) is 0 Å². The summed E-state index contributed by atoms with van der Waals surface area (Å²) in [6.07, 6.45) is -3.26. The maximum atomic E-state index is 10.3. The predicted octanol–water partition coefficient (Wildman–Crippen LogP) is -0.496. The highest BCUT2D eigenvalue weighted by Crippen LogP contribution is 2.22. The molecule has 7 heteroatoms. The SMILES string of the molecule is O=C(O)CC(O)C(O)c1nc(CO)cs1. The molecule has 1 aromatic heterocycles. The smallest absolute Gasteiger partial charge is 0.306 e. The molecule has 0 saturated heterocycles. The lowest BCUT2D eigenvalue weighted by molar-refractivity contribution is -0.141. The Hall–Kier alpha value is -1.02. The van der Waals surface area contributed by atoms with E-state index >= 15 is 0 Å². The molecule has 4 N–H and O–H groups in total. The van der Waals surface area contributed by atoms with Crippen LogP contribution >= 0.6 is 11.3 Å². The van der Waals surface area contributed by atoms with Crippen molar-refractivity contribution >= 4 is 17.3 Å². The Kier molecular flexibility index (Phi) is 4.15. The molecule has 84 valence electrons. The van der Waals surface area contributed by atoms with Crippen LogP contribution in [0.15, 0.2) is 5.38 Å². The van der Waals surface area contributed by atoms with Gasteiger partial charge < -0.3 is 20.4 Å². The van der Waals surface area contributed by atoms with E-state index in [0.29, 0.717) is 5.69 Å². The van der Waals surface area contributed by atoms with Gasteiger partial charge in [-0.05, 0) is 0 Å². The van der Waals surface area contributed by atoms with Gasteiger partial charge in [-0.2, -0.15) is 0 Å². The largest absolute Gasteiger partial charge is 0.481 e. The van der Waals surface area contributed by atoms with Crippen LogP contribution in [0.5, 0.6) is 0 Å². The molecule has 6 nitrogen and oxygen atoms in total. The number of aliphatic carboxylic acids is 1. The van der Waals surface area contributed by atoms with Gasteiger partial charge in [-0.15, -0.1) is 11.3 Å². The van der Waals surface area contributed by atoms with E-state index in [9.17, 15) is 15.0 Å². The van der Waals surface area contributed by atoms with Gasteiger partial charge in [-0.25, -0.2) is 4.98 Å². The quantitative estimate of drug-likeness (QED) is 0.546. The fourth-order valence-electron chi connectivity index (χ4n) is 0.986. The second kappa shape index (κ2) is 5.17. The summed E-state index contributed by atoms with van der Waals surface area (Å²) in [5.74, 6) is -1.19. The van der Waals surface area contributed by atoms with Gasteiger partial charge in [0.15, 0.2) is 0 Å². The number of carboxylic acid groups (broad SMARTS) is 1. The van der Waals surface area contributed by atoms with Crippen LogP contribution in [-0.4, -0.2) is 37.5 Å². The normalized spacial score (nSPS) is 14.9. The summed E-state index contributed by atoms with van der Waals surface area (Å²) in [5, 5.41) is 37.7. The third-order valence-corrected chi connectivity index (χ3v) is 2.70. The summed E-state index contributed by atoms with van der Waals surface area (Å²) in [5.41, 5.74) is 0.386. The summed E-state index contributed by atoms with van der Waals surface area (Å²) in [6.45, 7) is -0.252. The molecule has 0 saturated carbocycles. The van der Waals surface area contributed by atoms with Gasteiger partial charge in [0.1, 0.15) is 11.1 Å². The zero-order valence-corrected chi connectivity index (χ0v) is 8.52. The number of aromatic nitrogens is 1. The van der Waals surface area contributed by atoms with E-state index in [1.54, 1.807) is 0 Å². The molecule has 1 heterocycles. The van der Waals surface area contributed by atoms with Gasteiger partial charge in [-0.3, -0.25) is 4.79 Å². The van der Waals surface area contributed by atoms with Crippen molar-refractivity contribution in [2.45, 2.75) is 25.2 Å². The average molecular weight is 233 g/mol. The van der Waals surface area contributed by atoms with Gasteiger partial charge in [0.05, 0.1) is 24.8 Å². The monoisotopic (exact) mass is 233 g/mol. The molecule has 1 aromatic rings. The molecule has 0 bridgehead atoms. The highest BCUT2D eigenvalue weighted by molar-refractivity contribution is 7.09. The maximum Gasteiger partial charge on any atom is 0.306 e. The average Bonchev–Trinajstić information content (AvgIpc) is 2.63. The van der Waals surface area contributed by atoms with Crippen molar-refractivity contribution in [3.63, 3.8) is 0 Å². The van der Waals surface area contributed by atoms with E-state index in [2.05, 4.69) is 4.98 Å². The molecule has 0 fully saturated rings. The molecule has 0 aliphatic rings. The Labute approximate surface area is 89.5 Å². The fourth-order valence-corrected chi connectivity index (χ4v) is 1.84. The molecule has 2 unspecified atom stereocenters. The number of hydrogen-bond donors (Lipinski definition) is 4. The molecule has 2 atom stereocenters. The number of nitrogens with zero attached hydrogens (tertiary/aromatic N) is 1. The van der Waals surface area contributed by atoms with Crippen molar-refractivity contribution in [2.24, 2.45) is 0 Å². The third kappa shape index (κ3) is 3.24. The predicted molar refractivity (Wildman–Crippen MR) is 51.3 cm³/mol. The van der Waals surface area contributed by atoms with Crippen molar-refractivity contribution in [3.8, 4) is 0 Å². The zero-order valence-electron chi connectivity index (χ0n) is 7.70. The first-order valence-electron chi connectivity index (χ1n) is 4.17. The summed E-state index contributed by atoms with van der Waals surface area (Å²) in [7, 11) is 0. The van der Waals surface area contributed by atoms with Crippen LogP contribution in [0, 0.1) is 0 Å². The summed E-state index contributed by atoms with van der Waals surface area (Å²) < 4.78 is 0. The standard InChI is InChI=1S/C8H11NO5S/c10-2-4-3-15-8(9-4)7(14)5(11)1-6(12)13/h3,5,7,10-11,14H,1-2H2,(H,12,13). The zero-order chi connectivity index (χ0) is 11.4. The molecule has 0 radical (unpaired) electrons. The lowest BCUT2D eigenvalue weighted by atomic mass is 10.1. The first-order chi connectivity index (χ1) is 7.04. The Morgan fingerprint density at radius 2 is 2.20 bits per heavy atom.